The van der Waals surface area contributed by atoms with Crippen LogP contribution in [0.1, 0.15) is 37.7 Å². The molecule has 3 aromatic rings. The second-order valence-electron chi connectivity index (χ2n) is 13.0. The number of benzene rings is 2. The minimum Gasteiger partial charge on any atom is -0.494 e. The van der Waals surface area contributed by atoms with Crippen molar-refractivity contribution in [2.45, 2.75) is 56.7 Å². The van der Waals surface area contributed by atoms with E-state index >= 15 is 0 Å². The molecule has 248 valence electrons. The highest BCUT2D eigenvalue weighted by Gasteiger charge is 2.34. The molecule has 7 rings (SSSR count). The SMILES string of the molecule is C=CC(=O)Nc1cc(Nc2cc(N3OCC[C@H]3Cc3ccccc3)ncn2)c(OC)cc1N1CCC(N2CCN(C3CC3)CC2)CC1. The summed E-state index contributed by atoms with van der Waals surface area (Å²) in [5, 5.41) is 8.36. The molecule has 1 saturated carbocycles. The van der Waals surface area contributed by atoms with Gasteiger partial charge in [0.15, 0.2) is 5.82 Å². The highest BCUT2D eigenvalue weighted by Crippen LogP contribution is 2.40. The molecule has 3 saturated heterocycles. The van der Waals surface area contributed by atoms with Crippen LogP contribution >= 0.6 is 0 Å². The zero-order valence-electron chi connectivity index (χ0n) is 27.3. The van der Waals surface area contributed by atoms with Crippen LogP contribution in [0.25, 0.3) is 0 Å². The van der Waals surface area contributed by atoms with Crippen molar-refractivity contribution in [1.82, 2.24) is 19.8 Å². The molecule has 0 radical (unpaired) electrons. The summed E-state index contributed by atoms with van der Waals surface area (Å²) in [5.74, 6) is 1.69. The van der Waals surface area contributed by atoms with Crippen LogP contribution in [-0.2, 0) is 16.1 Å². The summed E-state index contributed by atoms with van der Waals surface area (Å²) >= 11 is 0. The Bertz CT molecular complexity index is 1530. The number of methoxy groups -OCH3 is 1. The summed E-state index contributed by atoms with van der Waals surface area (Å²) in [6, 6.07) is 17.9. The van der Waals surface area contributed by atoms with E-state index in [1.165, 1.54) is 57.0 Å². The van der Waals surface area contributed by atoms with Gasteiger partial charge in [-0.05, 0) is 56.2 Å². The molecule has 1 amide bonds. The zero-order chi connectivity index (χ0) is 32.2. The smallest absolute Gasteiger partial charge is 0.247 e. The van der Waals surface area contributed by atoms with Crippen molar-refractivity contribution in [2.75, 3.05) is 73.6 Å². The van der Waals surface area contributed by atoms with E-state index in [1.54, 1.807) is 7.11 Å². The van der Waals surface area contributed by atoms with Crippen LogP contribution in [0.5, 0.6) is 5.75 Å². The van der Waals surface area contributed by atoms with Crippen LogP contribution in [0, 0.1) is 0 Å². The summed E-state index contributed by atoms with van der Waals surface area (Å²) in [6.45, 7) is 10.9. The number of hydroxylamine groups is 1. The first-order valence-electron chi connectivity index (χ1n) is 17.0. The normalized spacial score (nSPS) is 21.1. The Balaban J connectivity index is 1.06. The van der Waals surface area contributed by atoms with Gasteiger partial charge in [0.25, 0.3) is 0 Å². The number of nitrogens with one attached hydrogen (secondary N) is 2. The number of amides is 1. The molecule has 4 aliphatic rings. The van der Waals surface area contributed by atoms with Crippen molar-refractivity contribution in [3.05, 3.63) is 73.1 Å². The van der Waals surface area contributed by atoms with Gasteiger partial charge in [-0.25, -0.2) is 15.0 Å². The van der Waals surface area contributed by atoms with Crippen LogP contribution in [-0.4, -0.2) is 96.8 Å². The summed E-state index contributed by atoms with van der Waals surface area (Å²) in [4.78, 5) is 35.4. The van der Waals surface area contributed by atoms with Gasteiger partial charge in [0, 0.05) is 63.5 Å². The number of rotatable bonds is 11. The van der Waals surface area contributed by atoms with Crippen LogP contribution in [0.15, 0.2) is 67.5 Å². The quantitative estimate of drug-likeness (QED) is 0.284. The number of anilines is 5. The average molecular weight is 639 g/mol. The van der Waals surface area contributed by atoms with Gasteiger partial charge in [0.1, 0.15) is 17.9 Å². The van der Waals surface area contributed by atoms with E-state index in [4.69, 9.17) is 9.57 Å². The number of aromatic nitrogens is 2. The first-order chi connectivity index (χ1) is 23.1. The molecule has 0 spiro atoms. The molecule has 2 aromatic carbocycles. The van der Waals surface area contributed by atoms with E-state index in [0.717, 1.165) is 50.5 Å². The third-order valence-electron chi connectivity index (χ3n) is 9.96. The van der Waals surface area contributed by atoms with Gasteiger partial charge < -0.3 is 20.3 Å². The predicted octanol–water partition coefficient (Wildman–Crippen LogP) is 4.86. The number of hydrogen-bond donors (Lipinski definition) is 2. The first-order valence-corrected chi connectivity index (χ1v) is 17.0. The number of hydrogen-bond acceptors (Lipinski definition) is 10. The minimum atomic E-state index is -0.259. The standard InChI is InChI=1S/C36H46N8O3/c1-3-36(45)40-30-22-31(39-34-24-35(38-25-37-34)44-29(13-20-47-44)21-26-7-5-4-6-8-26)33(46-2)23-32(30)43-14-11-28(12-15-43)42-18-16-41(17-19-42)27-9-10-27/h3-8,22-25,27-29H,1,9-21H2,2H3,(H,40,45)(H,37,38,39)/t29-/m0/s1. The maximum absolute atomic E-state index is 12.6. The third-order valence-corrected chi connectivity index (χ3v) is 9.96. The zero-order valence-corrected chi connectivity index (χ0v) is 27.3. The molecule has 1 atom stereocenters. The molecule has 0 unspecified atom stereocenters. The molecule has 1 aliphatic carbocycles. The maximum atomic E-state index is 12.6. The van der Waals surface area contributed by atoms with Gasteiger partial charge in [-0.15, -0.1) is 0 Å². The van der Waals surface area contributed by atoms with Crippen LogP contribution in [0.3, 0.4) is 0 Å². The fourth-order valence-electron chi connectivity index (χ4n) is 7.27. The summed E-state index contributed by atoms with van der Waals surface area (Å²) in [5.41, 5.74) is 3.59. The fourth-order valence-corrected chi connectivity index (χ4v) is 7.27. The van der Waals surface area contributed by atoms with Crippen LogP contribution in [0.4, 0.5) is 28.7 Å². The average Bonchev–Trinajstić information content (AvgIpc) is 3.87. The number of nitrogens with zero attached hydrogens (tertiary/aromatic N) is 6. The molecular formula is C36H46N8O3. The lowest BCUT2D eigenvalue weighted by molar-refractivity contribution is -0.111. The van der Waals surface area contributed by atoms with Crippen molar-refractivity contribution in [3.63, 3.8) is 0 Å². The minimum absolute atomic E-state index is 0.172. The Morgan fingerprint density at radius 2 is 1.66 bits per heavy atom. The third kappa shape index (κ3) is 7.37. The van der Waals surface area contributed by atoms with Gasteiger partial charge >= 0.3 is 0 Å². The van der Waals surface area contributed by atoms with E-state index in [-0.39, 0.29) is 11.9 Å². The van der Waals surface area contributed by atoms with E-state index < -0.39 is 0 Å². The van der Waals surface area contributed by atoms with Crippen molar-refractivity contribution in [2.24, 2.45) is 0 Å². The Kier molecular flexibility index (Phi) is 9.55. The summed E-state index contributed by atoms with van der Waals surface area (Å²) < 4.78 is 5.89. The van der Waals surface area contributed by atoms with Crippen molar-refractivity contribution >= 4 is 34.6 Å². The lowest BCUT2D eigenvalue weighted by Crippen LogP contribution is -2.53. The number of piperidine rings is 1. The van der Waals surface area contributed by atoms with Gasteiger partial charge in [0.05, 0.1) is 36.8 Å². The molecule has 11 heteroatoms. The van der Waals surface area contributed by atoms with E-state index in [9.17, 15) is 4.79 Å². The van der Waals surface area contributed by atoms with Gasteiger partial charge in [0.2, 0.25) is 5.91 Å². The van der Waals surface area contributed by atoms with E-state index in [2.05, 4.69) is 66.1 Å². The molecule has 4 heterocycles. The van der Waals surface area contributed by atoms with Gasteiger partial charge in [-0.2, -0.15) is 0 Å². The van der Waals surface area contributed by atoms with Crippen molar-refractivity contribution < 1.29 is 14.4 Å². The van der Waals surface area contributed by atoms with Crippen molar-refractivity contribution in [1.29, 1.82) is 0 Å². The molecule has 11 nitrogen and oxygen atoms in total. The molecule has 47 heavy (non-hydrogen) atoms. The largest absolute Gasteiger partial charge is 0.494 e. The number of piperazine rings is 1. The van der Waals surface area contributed by atoms with Crippen LogP contribution in [0.2, 0.25) is 0 Å². The van der Waals surface area contributed by atoms with Gasteiger partial charge in [-0.3, -0.25) is 19.4 Å². The van der Waals surface area contributed by atoms with E-state index in [0.29, 0.717) is 41.4 Å². The monoisotopic (exact) mass is 638 g/mol. The lowest BCUT2D eigenvalue weighted by Gasteiger charge is -2.43. The second kappa shape index (κ2) is 14.3. The number of carbonyl (C=O) groups is 1. The predicted molar refractivity (Wildman–Crippen MR) is 186 cm³/mol. The number of carbonyl (C=O) groups excluding carboxylic acids is 1. The number of ether oxygens (including phenoxy) is 1. The van der Waals surface area contributed by atoms with Crippen molar-refractivity contribution in [3.8, 4) is 5.75 Å². The molecule has 1 aromatic heterocycles. The molecule has 0 bridgehead atoms. The molecule has 4 fully saturated rings. The second-order valence-corrected chi connectivity index (χ2v) is 13.0. The Hall–Kier alpha value is -4.19. The molecule has 3 aliphatic heterocycles. The Labute approximate surface area is 277 Å². The molecule has 2 N–H and O–H groups in total. The Morgan fingerprint density at radius 1 is 0.936 bits per heavy atom. The first kappa shape index (κ1) is 31.4. The topological polar surface area (TPSA) is 98.3 Å². The van der Waals surface area contributed by atoms with Crippen LogP contribution < -0.4 is 25.3 Å². The lowest BCUT2D eigenvalue weighted by atomic mass is 10.0. The Morgan fingerprint density at radius 3 is 2.34 bits per heavy atom. The highest BCUT2D eigenvalue weighted by atomic mass is 16.7. The summed E-state index contributed by atoms with van der Waals surface area (Å²) in [7, 11) is 1.66. The highest BCUT2D eigenvalue weighted by molar-refractivity contribution is 6.02. The molecular weight excluding hydrogens is 592 g/mol. The maximum Gasteiger partial charge on any atom is 0.247 e. The fraction of sp³-hybridized carbons (Fsp3) is 0.472. The van der Waals surface area contributed by atoms with Gasteiger partial charge in [-0.1, -0.05) is 36.9 Å². The summed E-state index contributed by atoms with van der Waals surface area (Å²) in [6.07, 6.45) is 9.56. The van der Waals surface area contributed by atoms with E-state index in [1.807, 2.05) is 29.3 Å².